The number of benzene rings is 2. The molecule has 0 heterocycles. The second-order valence-corrected chi connectivity index (χ2v) is 7.58. The maximum absolute atomic E-state index is 12.8. The van der Waals surface area contributed by atoms with Crippen LogP contribution < -0.4 is 15.4 Å². The quantitative estimate of drug-likeness (QED) is 0.771. The highest BCUT2D eigenvalue weighted by Crippen LogP contribution is 2.23. The fourth-order valence-electron chi connectivity index (χ4n) is 2.66. The molecule has 8 heteroatoms. The Morgan fingerprint density at radius 3 is 2.19 bits per heavy atom. The van der Waals surface area contributed by atoms with Crippen LogP contribution in [-0.4, -0.2) is 32.5 Å². The van der Waals surface area contributed by atoms with Crippen molar-refractivity contribution in [1.82, 2.24) is 0 Å². The van der Waals surface area contributed by atoms with Gasteiger partial charge in [-0.15, -0.1) is 0 Å². The summed E-state index contributed by atoms with van der Waals surface area (Å²) in [7, 11) is -3.71. The number of primary amides is 1. The maximum Gasteiger partial charge on any atom is 0.250 e. The van der Waals surface area contributed by atoms with Gasteiger partial charge in [-0.05, 0) is 30.7 Å². The van der Waals surface area contributed by atoms with E-state index in [9.17, 15) is 18.0 Å². The zero-order valence-corrected chi connectivity index (χ0v) is 15.4. The third kappa shape index (κ3) is 4.40. The SMILES string of the molecule is CC[C@@H](C(=O)Nc1ccccc1C(N)=O)N(c1ccccc1)S(C)(=O)=O. The van der Waals surface area contributed by atoms with Gasteiger partial charge in [0.05, 0.1) is 23.2 Å². The molecule has 0 aliphatic rings. The Hall–Kier alpha value is -2.87. The molecule has 2 aromatic carbocycles. The van der Waals surface area contributed by atoms with E-state index in [1.54, 1.807) is 49.4 Å². The van der Waals surface area contributed by atoms with E-state index in [1.807, 2.05) is 0 Å². The van der Waals surface area contributed by atoms with Gasteiger partial charge in [-0.3, -0.25) is 13.9 Å². The van der Waals surface area contributed by atoms with Crippen molar-refractivity contribution < 1.29 is 18.0 Å². The average molecular weight is 375 g/mol. The van der Waals surface area contributed by atoms with Gasteiger partial charge in [0.15, 0.2) is 0 Å². The van der Waals surface area contributed by atoms with Crippen molar-refractivity contribution in [3.63, 3.8) is 0 Å². The molecule has 2 amide bonds. The van der Waals surface area contributed by atoms with Crippen LogP contribution in [0.4, 0.5) is 11.4 Å². The predicted molar refractivity (Wildman–Crippen MR) is 101 cm³/mol. The highest BCUT2D eigenvalue weighted by molar-refractivity contribution is 7.92. The molecular formula is C18H21N3O4S. The number of para-hydroxylation sites is 2. The van der Waals surface area contributed by atoms with E-state index < -0.39 is 27.9 Å². The molecule has 1 atom stereocenters. The van der Waals surface area contributed by atoms with Crippen LogP contribution in [-0.2, 0) is 14.8 Å². The topological polar surface area (TPSA) is 110 Å². The number of anilines is 2. The number of carbonyl (C=O) groups excluding carboxylic acids is 2. The van der Waals surface area contributed by atoms with Crippen molar-refractivity contribution in [3.8, 4) is 0 Å². The van der Waals surface area contributed by atoms with E-state index in [4.69, 9.17) is 5.73 Å². The lowest BCUT2D eigenvalue weighted by Crippen LogP contribution is -2.47. The number of carbonyl (C=O) groups is 2. The number of hydrogen-bond acceptors (Lipinski definition) is 4. The standard InChI is InChI=1S/C18H21N3O4S/c1-3-16(21(26(2,24)25)13-9-5-4-6-10-13)18(23)20-15-12-8-7-11-14(15)17(19)22/h4-12,16H,3H2,1-2H3,(H2,19,22)(H,20,23)/t16-/m0/s1. The first-order valence-electron chi connectivity index (χ1n) is 7.99. The van der Waals surface area contributed by atoms with Crippen molar-refractivity contribution in [2.45, 2.75) is 19.4 Å². The summed E-state index contributed by atoms with van der Waals surface area (Å²) in [5.74, 6) is -1.23. The second-order valence-electron chi connectivity index (χ2n) is 5.72. The summed E-state index contributed by atoms with van der Waals surface area (Å²) < 4.78 is 25.8. The molecule has 0 fully saturated rings. The molecule has 0 aliphatic heterocycles. The molecular weight excluding hydrogens is 354 g/mol. The number of nitrogens with one attached hydrogen (secondary N) is 1. The zero-order valence-electron chi connectivity index (χ0n) is 14.5. The monoisotopic (exact) mass is 375 g/mol. The Kier molecular flexibility index (Phi) is 5.99. The number of nitrogens with two attached hydrogens (primary N) is 1. The van der Waals surface area contributed by atoms with Crippen molar-refractivity contribution in [1.29, 1.82) is 0 Å². The molecule has 2 aromatic rings. The third-order valence-corrected chi connectivity index (χ3v) is 4.97. The average Bonchev–Trinajstić information content (AvgIpc) is 2.59. The van der Waals surface area contributed by atoms with Gasteiger partial charge in [-0.2, -0.15) is 0 Å². The molecule has 0 aromatic heterocycles. The largest absolute Gasteiger partial charge is 0.366 e. The Bertz CT molecular complexity index is 898. The van der Waals surface area contributed by atoms with Crippen molar-refractivity contribution in [2.24, 2.45) is 5.73 Å². The Morgan fingerprint density at radius 2 is 1.65 bits per heavy atom. The van der Waals surface area contributed by atoms with Crippen molar-refractivity contribution in [3.05, 3.63) is 60.2 Å². The van der Waals surface area contributed by atoms with Crippen LogP contribution in [0.25, 0.3) is 0 Å². The Balaban J connectivity index is 2.40. The molecule has 0 aliphatic carbocycles. The minimum Gasteiger partial charge on any atom is -0.366 e. The summed E-state index contributed by atoms with van der Waals surface area (Å²) in [6.45, 7) is 1.71. The van der Waals surface area contributed by atoms with Crippen LogP contribution in [0.1, 0.15) is 23.7 Å². The van der Waals surface area contributed by atoms with Gasteiger partial charge < -0.3 is 11.1 Å². The first-order valence-corrected chi connectivity index (χ1v) is 9.84. The van der Waals surface area contributed by atoms with E-state index in [0.29, 0.717) is 5.69 Å². The van der Waals surface area contributed by atoms with Crippen LogP contribution in [0, 0.1) is 0 Å². The number of rotatable bonds is 7. The highest BCUT2D eigenvalue weighted by Gasteiger charge is 2.31. The predicted octanol–water partition coefficient (Wildman–Crippen LogP) is 1.97. The van der Waals surface area contributed by atoms with Gasteiger partial charge in [0.25, 0.3) is 5.91 Å². The lowest BCUT2D eigenvalue weighted by molar-refractivity contribution is -0.117. The van der Waals surface area contributed by atoms with Crippen LogP contribution in [0.3, 0.4) is 0 Å². The number of amides is 2. The molecule has 7 nitrogen and oxygen atoms in total. The van der Waals surface area contributed by atoms with E-state index in [2.05, 4.69) is 5.32 Å². The fraction of sp³-hybridized carbons (Fsp3) is 0.222. The summed E-state index contributed by atoms with van der Waals surface area (Å²) in [6, 6.07) is 13.7. The lowest BCUT2D eigenvalue weighted by Gasteiger charge is -2.30. The van der Waals surface area contributed by atoms with Gasteiger partial charge in [-0.1, -0.05) is 37.3 Å². The summed E-state index contributed by atoms with van der Waals surface area (Å²) >= 11 is 0. The smallest absolute Gasteiger partial charge is 0.250 e. The van der Waals surface area contributed by atoms with Gasteiger partial charge in [0, 0.05) is 0 Å². The van der Waals surface area contributed by atoms with Crippen LogP contribution in [0.2, 0.25) is 0 Å². The van der Waals surface area contributed by atoms with Crippen LogP contribution >= 0.6 is 0 Å². The summed E-state index contributed by atoms with van der Waals surface area (Å²) in [6.07, 6.45) is 1.29. The van der Waals surface area contributed by atoms with Gasteiger partial charge >= 0.3 is 0 Å². The van der Waals surface area contributed by atoms with Crippen LogP contribution in [0.5, 0.6) is 0 Å². The second kappa shape index (κ2) is 8.01. The zero-order chi connectivity index (χ0) is 19.3. The van der Waals surface area contributed by atoms with Crippen LogP contribution in [0.15, 0.2) is 54.6 Å². The summed E-state index contributed by atoms with van der Waals surface area (Å²) in [4.78, 5) is 24.3. The van der Waals surface area contributed by atoms with E-state index in [0.717, 1.165) is 10.6 Å². The first kappa shape index (κ1) is 19.5. The van der Waals surface area contributed by atoms with E-state index in [-0.39, 0.29) is 17.7 Å². The maximum atomic E-state index is 12.8. The third-order valence-electron chi connectivity index (χ3n) is 3.79. The molecule has 0 saturated heterocycles. The number of hydrogen-bond donors (Lipinski definition) is 2. The Morgan fingerprint density at radius 1 is 1.08 bits per heavy atom. The van der Waals surface area contributed by atoms with Gasteiger partial charge in [0.1, 0.15) is 6.04 Å². The van der Waals surface area contributed by atoms with Crippen molar-refractivity contribution >= 4 is 33.2 Å². The summed E-state index contributed by atoms with van der Waals surface area (Å²) in [5, 5.41) is 2.62. The van der Waals surface area contributed by atoms with E-state index in [1.165, 1.54) is 12.1 Å². The molecule has 0 radical (unpaired) electrons. The molecule has 138 valence electrons. The minimum absolute atomic E-state index is 0.154. The molecule has 3 N–H and O–H groups in total. The number of nitrogens with zero attached hydrogens (tertiary/aromatic N) is 1. The normalized spacial score (nSPS) is 12.2. The Labute approximate surface area is 152 Å². The molecule has 26 heavy (non-hydrogen) atoms. The summed E-state index contributed by atoms with van der Waals surface area (Å²) in [5.41, 5.74) is 6.11. The molecule has 0 bridgehead atoms. The number of sulfonamides is 1. The lowest BCUT2D eigenvalue weighted by atomic mass is 10.1. The van der Waals surface area contributed by atoms with Gasteiger partial charge in [-0.25, -0.2) is 8.42 Å². The first-order chi connectivity index (χ1) is 12.3. The minimum atomic E-state index is -3.71. The molecule has 0 unspecified atom stereocenters. The van der Waals surface area contributed by atoms with E-state index >= 15 is 0 Å². The highest BCUT2D eigenvalue weighted by atomic mass is 32.2. The fourth-order valence-corrected chi connectivity index (χ4v) is 3.87. The molecule has 2 rings (SSSR count). The van der Waals surface area contributed by atoms with Gasteiger partial charge in [0.2, 0.25) is 15.9 Å². The molecule has 0 saturated carbocycles. The molecule has 0 spiro atoms. The van der Waals surface area contributed by atoms with Crippen molar-refractivity contribution in [2.75, 3.05) is 15.9 Å².